The average molecular weight is 331 g/mol. The quantitative estimate of drug-likeness (QED) is 0.834. The Kier molecular flexibility index (Phi) is 3.72. The smallest absolute Gasteiger partial charge is 0.0911 e. The molecule has 86 valence electrons. The van der Waals surface area contributed by atoms with Crippen LogP contribution >= 0.6 is 39.1 Å². The summed E-state index contributed by atoms with van der Waals surface area (Å²) < 4.78 is 2.40. The summed E-state index contributed by atoms with van der Waals surface area (Å²) in [4.78, 5) is 0. The first-order valence-corrected chi connectivity index (χ1v) is 6.23. The van der Waals surface area contributed by atoms with E-state index in [0.29, 0.717) is 15.7 Å². The Hall–Kier alpha value is -1.02. The lowest BCUT2D eigenvalue weighted by atomic mass is 10.3. The van der Waals surface area contributed by atoms with Crippen molar-refractivity contribution in [3.05, 3.63) is 44.6 Å². The lowest BCUT2D eigenvalue weighted by Gasteiger charge is -2.03. The van der Waals surface area contributed by atoms with E-state index in [1.807, 2.05) is 0 Å². The molecule has 0 N–H and O–H groups in total. The van der Waals surface area contributed by atoms with Crippen LogP contribution in [0.4, 0.5) is 0 Å². The van der Waals surface area contributed by atoms with Gasteiger partial charge < -0.3 is 0 Å². The highest BCUT2D eigenvalue weighted by atomic mass is 79.9. The molecule has 17 heavy (non-hydrogen) atoms. The monoisotopic (exact) mass is 329 g/mol. The fourth-order valence-corrected chi connectivity index (χ4v) is 2.28. The predicted octanol–water partition coefficient (Wildman–Crippen LogP) is 4.01. The molecule has 0 aliphatic rings. The summed E-state index contributed by atoms with van der Waals surface area (Å²) in [7, 11) is 0. The molecule has 0 aliphatic carbocycles. The van der Waals surface area contributed by atoms with Crippen molar-refractivity contribution in [2.24, 2.45) is 0 Å². The van der Waals surface area contributed by atoms with Crippen LogP contribution in [0.1, 0.15) is 5.69 Å². The summed E-state index contributed by atoms with van der Waals surface area (Å²) in [5, 5.41) is 14.0. The summed E-state index contributed by atoms with van der Waals surface area (Å²) in [5.74, 6) is 0. The third-order valence-corrected chi connectivity index (χ3v) is 3.34. The molecular weight excluding hydrogens is 325 g/mol. The fraction of sp³-hybridized carbons (Fsp3) is 0.0909. The molecule has 0 saturated heterocycles. The van der Waals surface area contributed by atoms with Gasteiger partial charge in [-0.15, -0.1) is 0 Å². The number of hydrogen-bond acceptors (Lipinski definition) is 2. The van der Waals surface area contributed by atoms with Gasteiger partial charge in [-0.3, -0.25) is 0 Å². The second kappa shape index (κ2) is 5.09. The van der Waals surface area contributed by atoms with Gasteiger partial charge in [0.15, 0.2) is 0 Å². The van der Waals surface area contributed by atoms with E-state index in [2.05, 4.69) is 27.1 Å². The zero-order valence-corrected chi connectivity index (χ0v) is 11.6. The summed E-state index contributed by atoms with van der Waals surface area (Å²) in [6.45, 7) is 0. The number of halogens is 3. The molecule has 2 rings (SSSR count). The molecule has 0 atom stereocenters. The molecular formula is C11H6BrCl2N3. The molecule has 0 unspecified atom stereocenters. The largest absolute Gasteiger partial charge is 0.238 e. The molecule has 6 heteroatoms. The normalized spacial score (nSPS) is 10.2. The topological polar surface area (TPSA) is 41.6 Å². The Bertz CT molecular complexity index is 601. The minimum Gasteiger partial charge on any atom is -0.238 e. The van der Waals surface area contributed by atoms with Crippen molar-refractivity contribution in [1.82, 2.24) is 9.78 Å². The molecule has 0 bridgehead atoms. The first-order chi connectivity index (χ1) is 8.11. The van der Waals surface area contributed by atoms with Gasteiger partial charge >= 0.3 is 0 Å². The summed E-state index contributed by atoms with van der Waals surface area (Å²) in [6, 6.07) is 7.22. The van der Waals surface area contributed by atoms with Crippen molar-refractivity contribution in [2.45, 2.75) is 6.42 Å². The number of hydrogen-bond donors (Lipinski definition) is 0. The summed E-state index contributed by atoms with van der Waals surface area (Å²) >= 11 is 15.3. The van der Waals surface area contributed by atoms with E-state index in [0.717, 1.165) is 10.2 Å². The van der Waals surface area contributed by atoms with Crippen LogP contribution in [0.15, 0.2) is 28.9 Å². The first-order valence-electron chi connectivity index (χ1n) is 4.68. The lowest BCUT2D eigenvalue weighted by Crippen LogP contribution is -1.96. The van der Waals surface area contributed by atoms with Crippen LogP contribution in [0.25, 0.3) is 5.69 Å². The standard InChI is InChI=1S/C11H6BrCl2N3/c12-8-6-17(16-10(8)3-4-15)11-2-1-7(13)5-9(11)14/h1-2,5-6H,3H2. The minimum absolute atomic E-state index is 0.249. The molecule has 1 heterocycles. The van der Waals surface area contributed by atoms with Crippen LogP contribution < -0.4 is 0 Å². The Balaban J connectivity index is 2.47. The van der Waals surface area contributed by atoms with Gasteiger partial charge in [0.2, 0.25) is 0 Å². The number of nitrogens with zero attached hydrogens (tertiary/aromatic N) is 3. The van der Waals surface area contributed by atoms with Crippen LogP contribution in [0.3, 0.4) is 0 Å². The zero-order chi connectivity index (χ0) is 12.4. The number of nitriles is 1. The van der Waals surface area contributed by atoms with Gasteiger partial charge in [-0.1, -0.05) is 23.2 Å². The molecule has 0 amide bonds. The molecule has 0 radical (unpaired) electrons. The molecule has 0 aliphatic heterocycles. The Morgan fingerprint density at radius 3 is 2.82 bits per heavy atom. The van der Waals surface area contributed by atoms with E-state index in [1.54, 1.807) is 29.1 Å². The lowest BCUT2D eigenvalue weighted by molar-refractivity contribution is 0.853. The van der Waals surface area contributed by atoms with E-state index in [4.69, 9.17) is 28.5 Å². The third kappa shape index (κ3) is 2.63. The van der Waals surface area contributed by atoms with Crippen LogP contribution in [0.2, 0.25) is 10.0 Å². The van der Waals surface area contributed by atoms with Crippen LogP contribution in [0.5, 0.6) is 0 Å². The van der Waals surface area contributed by atoms with E-state index >= 15 is 0 Å². The second-order valence-corrected chi connectivity index (χ2v) is 5.00. The van der Waals surface area contributed by atoms with Gasteiger partial charge in [0.25, 0.3) is 0 Å². The predicted molar refractivity (Wildman–Crippen MR) is 70.6 cm³/mol. The number of aromatic nitrogens is 2. The van der Waals surface area contributed by atoms with Gasteiger partial charge in [-0.05, 0) is 34.1 Å². The van der Waals surface area contributed by atoms with Gasteiger partial charge in [-0.25, -0.2) is 4.68 Å². The van der Waals surface area contributed by atoms with E-state index < -0.39 is 0 Å². The van der Waals surface area contributed by atoms with Crippen LogP contribution in [-0.4, -0.2) is 9.78 Å². The molecule has 1 aromatic heterocycles. The molecule has 0 fully saturated rings. The van der Waals surface area contributed by atoms with Crippen molar-refractivity contribution in [3.63, 3.8) is 0 Å². The highest BCUT2D eigenvalue weighted by Gasteiger charge is 2.10. The average Bonchev–Trinajstić information content (AvgIpc) is 2.60. The van der Waals surface area contributed by atoms with Gasteiger partial charge in [0.05, 0.1) is 33.4 Å². The number of rotatable bonds is 2. The molecule has 0 saturated carbocycles. The first kappa shape index (κ1) is 12.4. The Morgan fingerprint density at radius 1 is 1.41 bits per heavy atom. The summed E-state index contributed by atoms with van der Waals surface area (Å²) in [6.07, 6.45) is 2.01. The summed E-state index contributed by atoms with van der Waals surface area (Å²) in [5.41, 5.74) is 1.40. The van der Waals surface area contributed by atoms with Crippen molar-refractivity contribution < 1.29 is 0 Å². The maximum Gasteiger partial charge on any atom is 0.0911 e. The maximum absolute atomic E-state index is 8.65. The van der Waals surface area contributed by atoms with Crippen molar-refractivity contribution in [2.75, 3.05) is 0 Å². The van der Waals surface area contributed by atoms with E-state index in [9.17, 15) is 0 Å². The minimum atomic E-state index is 0.249. The van der Waals surface area contributed by atoms with E-state index in [1.165, 1.54) is 0 Å². The molecule has 1 aromatic carbocycles. The molecule has 2 aromatic rings. The highest BCUT2D eigenvalue weighted by molar-refractivity contribution is 9.10. The van der Waals surface area contributed by atoms with Crippen molar-refractivity contribution in [1.29, 1.82) is 5.26 Å². The van der Waals surface area contributed by atoms with Gasteiger partial charge in [0.1, 0.15) is 0 Å². The Labute approximate surface area is 117 Å². The molecule has 0 spiro atoms. The maximum atomic E-state index is 8.65. The van der Waals surface area contributed by atoms with Crippen LogP contribution in [-0.2, 0) is 6.42 Å². The molecule has 3 nitrogen and oxygen atoms in total. The Morgan fingerprint density at radius 2 is 2.18 bits per heavy atom. The third-order valence-electron chi connectivity index (χ3n) is 2.14. The van der Waals surface area contributed by atoms with Gasteiger partial charge in [-0.2, -0.15) is 10.4 Å². The fourth-order valence-electron chi connectivity index (χ4n) is 1.37. The SMILES string of the molecule is N#CCc1nn(-c2ccc(Cl)cc2Cl)cc1Br. The van der Waals surface area contributed by atoms with Gasteiger partial charge in [0, 0.05) is 11.2 Å². The highest BCUT2D eigenvalue weighted by Crippen LogP contribution is 2.26. The van der Waals surface area contributed by atoms with Crippen molar-refractivity contribution in [3.8, 4) is 11.8 Å². The number of benzene rings is 1. The zero-order valence-electron chi connectivity index (χ0n) is 8.49. The second-order valence-electron chi connectivity index (χ2n) is 3.30. The van der Waals surface area contributed by atoms with Crippen LogP contribution in [0, 0.1) is 11.3 Å². The van der Waals surface area contributed by atoms with Crippen molar-refractivity contribution >= 4 is 39.1 Å². The van der Waals surface area contributed by atoms with E-state index in [-0.39, 0.29) is 6.42 Å².